The lowest BCUT2D eigenvalue weighted by Gasteiger charge is -2.09. The van der Waals surface area contributed by atoms with Gasteiger partial charge in [0.15, 0.2) is 12.4 Å². The summed E-state index contributed by atoms with van der Waals surface area (Å²) in [6.07, 6.45) is -0.264. The van der Waals surface area contributed by atoms with Crippen molar-refractivity contribution in [3.8, 4) is 0 Å². The van der Waals surface area contributed by atoms with E-state index in [1.807, 2.05) is 24.4 Å². The van der Waals surface area contributed by atoms with Crippen LogP contribution in [0.25, 0.3) is 0 Å². The first-order valence-electron chi connectivity index (χ1n) is 8.28. The van der Waals surface area contributed by atoms with Gasteiger partial charge >= 0.3 is 5.97 Å². The Balaban J connectivity index is 1.81. The number of benzene rings is 2. The number of ketones is 1. The maximum absolute atomic E-state index is 13.4. The molecule has 1 amide bonds. The molecule has 0 saturated heterocycles. The molecular weight excluding hydrogens is 356 g/mol. The number of carbonyl (C=O) groups excluding carboxylic acids is 3. The summed E-state index contributed by atoms with van der Waals surface area (Å²) >= 11 is 0. The van der Waals surface area contributed by atoms with Gasteiger partial charge in [-0.15, -0.1) is 0 Å². The summed E-state index contributed by atoms with van der Waals surface area (Å²) < 4.78 is 31.6. The molecule has 2 rings (SSSR count). The highest BCUT2D eigenvalue weighted by Crippen LogP contribution is 2.18. The first kappa shape index (κ1) is 20.2. The number of Topliss-reactive ketones (excluding diaryl/α,β-unsaturated/α-hetero) is 1. The van der Waals surface area contributed by atoms with Crippen LogP contribution in [0, 0.1) is 25.5 Å². The topological polar surface area (TPSA) is 72.5 Å². The average molecular weight is 375 g/mol. The van der Waals surface area contributed by atoms with Gasteiger partial charge in [0.25, 0.3) is 5.91 Å². The first-order chi connectivity index (χ1) is 12.8. The number of esters is 1. The first-order valence-corrected chi connectivity index (χ1v) is 8.28. The number of hydrogen-bond acceptors (Lipinski definition) is 4. The number of para-hydroxylation sites is 1. The third-order valence-corrected chi connectivity index (χ3v) is 3.84. The van der Waals surface area contributed by atoms with E-state index in [0.29, 0.717) is 5.56 Å². The maximum atomic E-state index is 13.4. The Morgan fingerprint density at radius 2 is 1.67 bits per heavy atom. The number of nitrogens with one attached hydrogen (secondary N) is 1. The molecule has 0 radical (unpaired) electrons. The summed E-state index contributed by atoms with van der Waals surface area (Å²) in [5.41, 5.74) is 1.67. The standard InChI is InChI=1S/C20H19F2NO4/c1-12-6-7-13(2)14(10-12)17(24)8-9-19(26)27-11-18(25)23-20-15(21)4-3-5-16(20)22/h3-7,10H,8-9,11H2,1-2H3,(H,23,25). The molecule has 1 N–H and O–H groups in total. The van der Waals surface area contributed by atoms with E-state index < -0.39 is 35.8 Å². The molecule has 0 aromatic heterocycles. The van der Waals surface area contributed by atoms with Crippen molar-refractivity contribution in [2.75, 3.05) is 11.9 Å². The minimum absolute atomic E-state index is 0.0628. The van der Waals surface area contributed by atoms with Gasteiger partial charge in [0.05, 0.1) is 6.42 Å². The van der Waals surface area contributed by atoms with E-state index in [1.165, 1.54) is 0 Å². The molecule has 0 aliphatic heterocycles. The number of amides is 1. The molecule has 0 bridgehead atoms. The Morgan fingerprint density at radius 3 is 2.33 bits per heavy atom. The molecule has 2 aromatic carbocycles. The fourth-order valence-corrected chi connectivity index (χ4v) is 2.40. The van der Waals surface area contributed by atoms with Crippen LogP contribution in [0.3, 0.4) is 0 Å². The van der Waals surface area contributed by atoms with Gasteiger partial charge in [0.1, 0.15) is 17.3 Å². The maximum Gasteiger partial charge on any atom is 0.306 e. The van der Waals surface area contributed by atoms with Crippen LogP contribution in [0.2, 0.25) is 0 Å². The molecule has 142 valence electrons. The van der Waals surface area contributed by atoms with E-state index >= 15 is 0 Å². The van der Waals surface area contributed by atoms with Crippen LogP contribution in [0.4, 0.5) is 14.5 Å². The molecule has 7 heteroatoms. The van der Waals surface area contributed by atoms with Crippen molar-refractivity contribution in [1.29, 1.82) is 0 Å². The number of ether oxygens (including phenoxy) is 1. The van der Waals surface area contributed by atoms with Crippen LogP contribution in [-0.4, -0.2) is 24.3 Å². The normalized spacial score (nSPS) is 10.4. The highest BCUT2D eigenvalue weighted by atomic mass is 19.1. The van der Waals surface area contributed by atoms with Crippen molar-refractivity contribution in [1.82, 2.24) is 0 Å². The third kappa shape index (κ3) is 5.70. The van der Waals surface area contributed by atoms with Gasteiger partial charge in [-0.05, 0) is 37.6 Å². The highest BCUT2D eigenvalue weighted by molar-refractivity contribution is 5.99. The molecule has 0 unspecified atom stereocenters. The number of halogens is 2. The molecule has 0 atom stereocenters. The third-order valence-electron chi connectivity index (χ3n) is 3.84. The summed E-state index contributed by atoms with van der Waals surface area (Å²) in [5, 5.41) is 2.01. The largest absolute Gasteiger partial charge is 0.456 e. The van der Waals surface area contributed by atoms with E-state index in [2.05, 4.69) is 0 Å². The Kier molecular flexibility index (Phi) is 6.76. The number of anilines is 1. The van der Waals surface area contributed by atoms with Crippen LogP contribution in [-0.2, 0) is 14.3 Å². The van der Waals surface area contributed by atoms with Crippen molar-refractivity contribution in [3.05, 3.63) is 64.7 Å². The lowest BCUT2D eigenvalue weighted by Crippen LogP contribution is -2.22. The minimum atomic E-state index is -0.936. The van der Waals surface area contributed by atoms with Gasteiger partial charge in [0.2, 0.25) is 0 Å². The molecule has 27 heavy (non-hydrogen) atoms. The quantitative estimate of drug-likeness (QED) is 0.591. The summed E-state index contributed by atoms with van der Waals surface area (Å²) in [5.74, 6) is -3.71. The Hall–Kier alpha value is -3.09. The van der Waals surface area contributed by atoms with Gasteiger partial charge in [-0.2, -0.15) is 0 Å². The van der Waals surface area contributed by atoms with E-state index in [0.717, 1.165) is 29.3 Å². The number of aryl methyl sites for hydroxylation is 2. The van der Waals surface area contributed by atoms with Crippen LogP contribution in [0.15, 0.2) is 36.4 Å². The zero-order valence-corrected chi connectivity index (χ0v) is 15.0. The molecule has 0 saturated carbocycles. The van der Waals surface area contributed by atoms with Crippen LogP contribution >= 0.6 is 0 Å². The average Bonchev–Trinajstić information content (AvgIpc) is 2.63. The summed E-state index contributed by atoms with van der Waals surface area (Å²) in [6.45, 7) is 2.96. The molecule has 0 heterocycles. The zero-order valence-electron chi connectivity index (χ0n) is 15.0. The Labute approximate surface area is 155 Å². The van der Waals surface area contributed by atoms with Crippen molar-refractivity contribution >= 4 is 23.3 Å². The van der Waals surface area contributed by atoms with Crippen molar-refractivity contribution in [2.24, 2.45) is 0 Å². The van der Waals surface area contributed by atoms with Crippen molar-refractivity contribution < 1.29 is 27.9 Å². The zero-order chi connectivity index (χ0) is 20.0. The molecule has 0 spiro atoms. The Bertz CT molecular complexity index is 860. The van der Waals surface area contributed by atoms with Crippen LogP contribution in [0.1, 0.15) is 34.3 Å². The van der Waals surface area contributed by atoms with E-state index in [1.54, 1.807) is 13.0 Å². The van der Waals surface area contributed by atoms with Gasteiger partial charge in [-0.1, -0.05) is 23.8 Å². The summed E-state index contributed by atoms with van der Waals surface area (Å²) in [7, 11) is 0. The minimum Gasteiger partial charge on any atom is -0.456 e. The lowest BCUT2D eigenvalue weighted by atomic mass is 9.99. The fraction of sp³-hybridized carbons (Fsp3) is 0.250. The molecule has 0 fully saturated rings. The molecule has 5 nitrogen and oxygen atoms in total. The second-order valence-corrected chi connectivity index (χ2v) is 6.05. The van der Waals surface area contributed by atoms with Crippen LogP contribution < -0.4 is 5.32 Å². The van der Waals surface area contributed by atoms with E-state index in [4.69, 9.17) is 4.74 Å². The van der Waals surface area contributed by atoms with Crippen molar-refractivity contribution in [3.63, 3.8) is 0 Å². The monoisotopic (exact) mass is 375 g/mol. The second kappa shape index (κ2) is 9.02. The van der Waals surface area contributed by atoms with Crippen LogP contribution in [0.5, 0.6) is 0 Å². The Morgan fingerprint density at radius 1 is 1.00 bits per heavy atom. The van der Waals surface area contributed by atoms with Gasteiger partial charge in [-0.3, -0.25) is 14.4 Å². The van der Waals surface area contributed by atoms with Crippen molar-refractivity contribution in [2.45, 2.75) is 26.7 Å². The van der Waals surface area contributed by atoms with E-state index in [9.17, 15) is 23.2 Å². The summed E-state index contributed by atoms with van der Waals surface area (Å²) in [6, 6.07) is 8.60. The number of carbonyl (C=O) groups is 3. The van der Waals surface area contributed by atoms with Gasteiger partial charge < -0.3 is 10.1 Å². The van der Waals surface area contributed by atoms with Gasteiger partial charge in [-0.25, -0.2) is 8.78 Å². The smallest absolute Gasteiger partial charge is 0.306 e. The molecule has 2 aromatic rings. The summed E-state index contributed by atoms with van der Waals surface area (Å²) in [4.78, 5) is 35.6. The molecular formula is C20H19F2NO4. The van der Waals surface area contributed by atoms with E-state index in [-0.39, 0.29) is 18.6 Å². The number of rotatable bonds is 7. The number of hydrogen-bond donors (Lipinski definition) is 1. The molecule has 0 aliphatic carbocycles. The SMILES string of the molecule is Cc1ccc(C)c(C(=O)CCC(=O)OCC(=O)Nc2c(F)cccc2F)c1. The fourth-order valence-electron chi connectivity index (χ4n) is 2.40. The second-order valence-electron chi connectivity index (χ2n) is 6.05. The lowest BCUT2D eigenvalue weighted by molar-refractivity contribution is -0.147. The van der Waals surface area contributed by atoms with Gasteiger partial charge in [0, 0.05) is 12.0 Å². The molecule has 0 aliphatic rings. The predicted octanol–water partition coefficient (Wildman–Crippen LogP) is 3.73. The predicted molar refractivity (Wildman–Crippen MR) is 95.4 cm³/mol. The highest BCUT2D eigenvalue weighted by Gasteiger charge is 2.15.